The number of benzene rings is 1. The van der Waals surface area contributed by atoms with E-state index in [2.05, 4.69) is 4.90 Å². The minimum Gasteiger partial charge on any atom is -0.337 e. The van der Waals surface area contributed by atoms with Crippen molar-refractivity contribution in [3.8, 4) is 0 Å². The largest absolute Gasteiger partial charge is 0.337 e. The topological polar surface area (TPSA) is 72.9 Å². The molecule has 0 aromatic heterocycles. The van der Waals surface area contributed by atoms with Gasteiger partial charge in [-0.25, -0.2) is 5.48 Å². The first-order valence-electron chi connectivity index (χ1n) is 9.12. The summed E-state index contributed by atoms with van der Waals surface area (Å²) < 4.78 is 0. The third-order valence-corrected chi connectivity index (χ3v) is 5.39. The van der Waals surface area contributed by atoms with E-state index in [1.807, 2.05) is 18.0 Å². The van der Waals surface area contributed by atoms with Gasteiger partial charge in [0.15, 0.2) is 0 Å². The van der Waals surface area contributed by atoms with Crippen LogP contribution >= 0.6 is 0 Å². The monoisotopic (exact) mass is 345 g/mol. The summed E-state index contributed by atoms with van der Waals surface area (Å²) in [6, 6.07) is 5.43. The van der Waals surface area contributed by atoms with Gasteiger partial charge in [0.25, 0.3) is 5.91 Å². The minimum atomic E-state index is -0.525. The number of likely N-dealkylation sites (N-methyl/N-ethyl adjacent to an activating group) is 1. The Labute approximate surface area is 148 Å². The van der Waals surface area contributed by atoms with Gasteiger partial charge in [-0.3, -0.25) is 14.8 Å². The lowest BCUT2D eigenvalue weighted by Gasteiger charge is -2.33. The molecule has 0 bridgehead atoms. The zero-order valence-corrected chi connectivity index (χ0v) is 14.8. The predicted octanol–water partition coefficient (Wildman–Crippen LogP) is 2.16. The van der Waals surface area contributed by atoms with E-state index in [1.165, 1.54) is 6.42 Å². The third-order valence-electron chi connectivity index (χ3n) is 5.39. The second-order valence-electron chi connectivity index (χ2n) is 7.26. The molecule has 0 unspecified atom stereocenters. The summed E-state index contributed by atoms with van der Waals surface area (Å²) in [6.45, 7) is 2.88. The standard InChI is InChI=1S/C19H27N3O3/c1-21-9-10-22(19(24)14-5-3-2-4-6-14)13-17-11-15(18(23)20-25)7-8-16(17)12-21/h7-8,11,14,25H,2-6,9-10,12-13H2,1H3,(H,20,23). The van der Waals surface area contributed by atoms with Crippen LogP contribution in [0.5, 0.6) is 0 Å². The Morgan fingerprint density at radius 3 is 2.56 bits per heavy atom. The Bertz CT molecular complexity index is 641. The van der Waals surface area contributed by atoms with Crippen LogP contribution < -0.4 is 5.48 Å². The molecule has 3 rings (SSSR count). The zero-order valence-electron chi connectivity index (χ0n) is 14.8. The number of carbonyl (C=O) groups is 2. The quantitative estimate of drug-likeness (QED) is 0.636. The normalized spacial score (nSPS) is 19.7. The highest BCUT2D eigenvalue weighted by atomic mass is 16.5. The van der Waals surface area contributed by atoms with Gasteiger partial charge in [0.05, 0.1) is 0 Å². The Morgan fingerprint density at radius 2 is 1.84 bits per heavy atom. The highest BCUT2D eigenvalue weighted by molar-refractivity contribution is 5.93. The molecule has 1 fully saturated rings. The lowest BCUT2D eigenvalue weighted by Crippen LogP contribution is -2.42. The van der Waals surface area contributed by atoms with Crippen LogP contribution in [0.3, 0.4) is 0 Å². The van der Waals surface area contributed by atoms with Gasteiger partial charge in [0.1, 0.15) is 0 Å². The summed E-state index contributed by atoms with van der Waals surface area (Å²) >= 11 is 0. The predicted molar refractivity (Wildman–Crippen MR) is 94.0 cm³/mol. The fraction of sp³-hybridized carbons (Fsp3) is 0.579. The van der Waals surface area contributed by atoms with Crippen LogP contribution in [-0.4, -0.2) is 47.0 Å². The maximum Gasteiger partial charge on any atom is 0.274 e. The smallest absolute Gasteiger partial charge is 0.274 e. The maximum absolute atomic E-state index is 13.0. The van der Waals surface area contributed by atoms with Crippen LogP contribution in [0.15, 0.2) is 18.2 Å². The molecule has 6 heteroatoms. The van der Waals surface area contributed by atoms with Crippen molar-refractivity contribution < 1.29 is 14.8 Å². The Morgan fingerprint density at radius 1 is 1.08 bits per heavy atom. The van der Waals surface area contributed by atoms with Crippen LogP contribution in [0.1, 0.15) is 53.6 Å². The molecule has 25 heavy (non-hydrogen) atoms. The first-order valence-corrected chi connectivity index (χ1v) is 9.12. The summed E-state index contributed by atoms with van der Waals surface area (Å²) in [7, 11) is 2.05. The van der Waals surface area contributed by atoms with Gasteiger partial charge in [-0.05, 0) is 43.1 Å². The molecule has 6 nitrogen and oxygen atoms in total. The molecule has 0 radical (unpaired) electrons. The molecule has 1 aliphatic carbocycles. The number of hydrogen-bond acceptors (Lipinski definition) is 4. The van der Waals surface area contributed by atoms with Crippen LogP contribution in [0.2, 0.25) is 0 Å². The average Bonchev–Trinajstić information content (AvgIpc) is 2.64. The maximum atomic E-state index is 13.0. The molecule has 1 heterocycles. The number of amides is 2. The number of fused-ring (bicyclic) bond motifs is 1. The summed E-state index contributed by atoms with van der Waals surface area (Å²) in [5.74, 6) is -0.132. The van der Waals surface area contributed by atoms with Crippen molar-refractivity contribution in [2.45, 2.75) is 45.2 Å². The molecule has 0 saturated heterocycles. The molecule has 0 atom stereocenters. The first kappa shape index (κ1) is 17.9. The van der Waals surface area contributed by atoms with E-state index in [1.54, 1.807) is 17.6 Å². The van der Waals surface area contributed by atoms with Crippen LogP contribution in [0.25, 0.3) is 0 Å². The van der Waals surface area contributed by atoms with Crippen LogP contribution in [-0.2, 0) is 17.9 Å². The molecular formula is C19H27N3O3. The highest BCUT2D eigenvalue weighted by Gasteiger charge is 2.27. The van der Waals surface area contributed by atoms with Gasteiger partial charge in [0.2, 0.25) is 5.91 Å². The lowest BCUT2D eigenvalue weighted by atomic mass is 9.88. The van der Waals surface area contributed by atoms with E-state index in [-0.39, 0.29) is 11.8 Å². The second kappa shape index (κ2) is 7.97. The van der Waals surface area contributed by atoms with E-state index in [0.29, 0.717) is 18.7 Å². The zero-order chi connectivity index (χ0) is 17.8. The Kier molecular flexibility index (Phi) is 5.71. The molecule has 136 valence electrons. The molecular weight excluding hydrogens is 318 g/mol. The number of hydrogen-bond donors (Lipinski definition) is 2. The van der Waals surface area contributed by atoms with Gasteiger partial charge in [-0.15, -0.1) is 0 Å². The van der Waals surface area contributed by atoms with Crippen molar-refractivity contribution in [2.24, 2.45) is 5.92 Å². The molecule has 2 aliphatic rings. The molecule has 1 saturated carbocycles. The fourth-order valence-corrected chi connectivity index (χ4v) is 3.87. The summed E-state index contributed by atoms with van der Waals surface area (Å²) in [6.07, 6.45) is 5.49. The van der Waals surface area contributed by atoms with Crippen molar-refractivity contribution in [1.29, 1.82) is 0 Å². The molecule has 0 spiro atoms. The molecule has 1 aliphatic heterocycles. The van der Waals surface area contributed by atoms with Crippen molar-refractivity contribution in [3.05, 3.63) is 34.9 Å². The van der Waals surface area contributed by atoms with Gasteiger partial charge < -0.3 is 9.80 Å². The van der Waals surface area contributed by atoms with Gasteiger partial charge >= 0.3 is 0 Å². The fourth-order valence-electron chi connectivity index (χ4n) is 3.87. The SMILES string of the molecule is CN1CCN(C(=O)C2CCCCC2)Cc2cc(C(=O)NO)ccc2C1. The van der Waals surface area contributed by atoms with Crippen molar-refractivity contribution in [2.75, 3.05) is 20.1 Å². The first-order chi connectivity index (χ1) is 12.1. The molecule has 1 aromatic carbocycles. The molecule has 2 amide bonds. The minimum absolute atomic E-state index is 0.144. The Balaban J connectivity index is 1.85. The van der Waals surface area contributed by atoms with E-state index >= 15 is 0 Å². The van der Waals surface area contributed by atoms with Crippen molar-refractivity contribution in [3.63, 3.8) is 0 Å². The molecule has 1 aromatic rings. The summed E-state index contributed by atoms with van der Waals surface area (Å²) in [5.41, 5.74) is 4.20. The van der Waals surface area contributed by atoms with Gasteiger partial charge in [0, 0.05) is 37.7 Å². The second-order valence-corrected chi connectivity index (χ2v) is 7.26. The van der Waals surface area contributed by atoms with Gasteiger partial charge in [-0.1, -0.05) is 25.3 Å². The average molecular weight is 345 g/mol. The van der Waals surface area contributed by atoms with Gasteiger partial charge in [-0.2, -0.15) is 0 Å². The summed E-state index contributed by atoms with van der Waals surface area (Å²) in [5, 5.41) is 8.87. The van der Waals surface area contributed by atoms with E-state index in [9.17, 15) is 9.59 Å². The lowest BCUT2D eigenvalue weighted by molar-refractivity contribution is -0.137. The van der Waals surface area contributed by atoms with E-state index in [4.69, 9.17) is 5.21 Å². The van der Waals surface area contributed by atoms with E-state index < -0.39 is 5.91 Å². The van der Waals surface area contributed by atoms with Crippen LogP contribution in [0.4, 0.5) is 0 Å². The number of nitrogens with zero attached hydrogens (tertiary/aromatic N) is 2. The molecule has 2 N–H and O–H groups in total. The Hall–Kier alpha value is -1.92. The third kappa shape index (κ3) is 4.19. The van der Waals surface area contributed by atoms with Crippen LogP contribution in [0, 0.1) is 5.92 Å². The number of carbonyl (C=O) groups excluding carboxylic acids is 2. The highest BCUT2D eigenvalue weighted by Crippen LogP contribution is 2.27. The number of hydroxylamine groups is 1. The van der Waals surface area contributed by atoms with Crippen molar-refractivity contribution in [1.82, 2.24) is 15.3 Å². The number of rotatable bonds is 2. The summed E-state index contributed by atoms with van der Waals surface area (Å²) in [4.78, 5) is 28.9. The van der Waals surface area contributed by atoms with E-state index in [0.717, 1.165) is 49.9 Å². The number of nitrogens with one attached hydrogen (secondary N) is 1. The van der Waals surface area contributed by atoms with Crippen molar-refractivity contribution >= 4 is 11.8 Å².